The highest BCUT2D eigenvalue weighted by Crippen LogP contribution is 2.31. The van der Waals surface area contributed by atoms with Crippen LogP contribution in [0.25, 0.3) is 22.2 Å². The summed E-state index contributed by atoms with van der Waals surface area (Å²) in [5.41, 5.74) is 4.67. The number of fused-ring (bicyclic) bond motifs is 1. The molecule has 1 N–H and O–H groups in total. The molecule has 4 rings (SSSR count). The molecule has 1 heterocycles. The molecule has 1 amide bonds. The second kappa shape index (κ2) is 8.25. The van der Waals surface area contributed by atoms with Crippen LogP contribution in [0.1, 0.15) is 10.4 Å². The molecule has 1 aromatic heterocycles. The molecule has 150 valence electrons. The fourth-order valence-electron chi connectivity index (χ4n) is 3.40. The van der Waals surface area contributed by atoms with Gasteiger partial charge in [-0.3, -0.25) is 4.79 Å². The van der Waals surface area contributed by atoms with Crippen molar-refractivity contribution in [3.63, 3.8) is 0 Å². The highest BCUT2D eigenvalue weighted by Gasteiger charge is 2.16. The molecule has 4 aromatic rings. The molecule has 0 saturated heterocycles. The topological polar surface area (TPSA) is 54.5 Å². The van der Waals surface area contributed by atoms with E-state index in [0.717, 1.165) is 27.8 Å². The van der Waals surface area contributed by atoms with Crippen molar-refractivity contribution in [2.45, 2.75) is 0 Å². The summed E-state index contributed by atoms with van der Waals surface area (Å²) >= 11 is 0. The minimum absolute atomic E-state index is 0.178. The van der Waals surface area contributed by atoms with Crippen LogP contribution in [0.4, 0.5) is 11.4 Å². The van der Waals surface area contributed by atoms with Gasteiger partial charge >= 0.3 is 0 Å². The van der Waals surface area contributed by atoms with Crippen molar-refractivity contribution in [2.75, 3.05) is 31.4 Å². The van der Waals surface area contributed by atoms with Gasteiger partial charge in [0.25, 0.3) is 5.91 Å². The smallest absolute Gasteiger partial charge is 0.256 e. The second-order valence-corrected chi connectivity index (χ2v) is 7.17. The lowest BCUT2D eigenvalue weighted by Gasteiger charge is -2.14. The number of anilines is 2. The van der Waals surface area contributed by atoms with Crippen LogP contribution in [-0.4, -0.2) is 32.1 Å². The number of aromatic nitrogens is 1. The zero-order valence-electron chi connectivity index (χ0n) is 17.2. The Bertz CT molecular complexity index is 1200. The van der Waals surface area contributed by atoms with Crippen LogP contribution < -0.4 is 15.0 Å². The van der Waals surface area contributed by atoms with E-state index in [2.05, 4.69) is 5.32 Å². The third kappa shape index (κ3) is 3.82. The van der Waals surface area contributed by atoms with E-state index in [1.807, 2.05) is 97.9 Å². The van der Waals surface area contributed by atoms with Gasteiger partial charge in [0.1, 0.15) is 5.75 Å². The van der Waals surface area contributed by atoms with Crippen LogP contribution in [0, 0.1) is 0 Å². The number of nitrogens with one attached hydrogen (secondary N) is 1. The number of amides is 1. The highest BCUT2D eigenvalue weighted by molar-refractivity contribution is 6.13. The minimum atomic E-state index is -0.178. The second-order valence-electron chi connectivity index (χ2n) is 7.17. The fourth-order valence-corrected chi connectivity index (χ4v) is 3.40. The van der Waals surface area contributed by atoms with Crippen molar-refractivity contribution < 1.29 is 9.53 Å². The van der Waals surface area contributed by atoms with Gasteiger partial charge in [-0.1, -0.05) is 30.3 Å². The lowest BCUT2D eigenvalue weighted by atomic mass is 10.0. The summed E-state index contributed by atoms with van der Waals surface area (Å²) in [6.45, 7) is 0. The van der Waals surface area contributed by atoms with Crippen molar-refractivity contribution in [3.05, 3.63) is 84.4 Å². The number of methoxy groups -OCH3 is 1. The van der Waals surface area contributed by atoms with Crippen LogP contribution in [0.2, 0.25) is 0 Å². The summed E-state index contributed by atoms with van der Waals surface area (Å²) in [5, 5.41) is 3.81. The van der Waals surface area contributed by atoms with Crippen LogP contribution >= 0.6 is 0 Å². The summed E-state index contributed by atoms with van der Waals surface area (Å²) in [5.74, 6) is 0.535. The molecule has 0 aliphatic carbocycles. The first-order valence-electron chi connectivity index (χ1n) is 9.69. The van der Waals surface area contributed by atoms with Crippen LogP contribution in [0.5, 0.6) is 5.75 Å². The number of rotatable bonds is 5. The zero-order chi connectivity index (χ0) is 21.1. The first-order valence-corrected chi connectivity index (χ1v) is 9.69. The Morgan fingerprint density at radius 2 is 1.63 bits per heavy atom. The maximum absolute atomic E-state index is 13.2. The van der Waals surface area contributed by atoms with E-state index in [9.17, 15) is 4.79 Å². The monoisotopic (exact) mass is 397 g/mol. The molecule has 0 aliphatic heterocycles. The zero-order valence-corrected chi connectivity index (χ0v) is 17.2. The van der Waals surface area contributed by atoms with Crippen LogP contribution in [0.3, 0.4) is 0 Å². The van der Waals surface area contributed by atoms with E-state index in [-0.39, 0.29) is 5.91 Å². The average molecular weight is 397 g/mol. The number of benzene rings is 3. The number of carbonyl (C=O) groups excluding carboxylic acids is 1. The van der Waals surface area contributed by atoms with E-state index in [1.54, 1.807) is 7.11 Å². The molecule has 0 bridgehead atoms. The van der Waals surface area contributed by atoms with Gasteiger partial charge in [0, 0.05) is 36.4 Å². The quantitative estimate of drug-likeness (QED) is 0.501. The van der Waals surface area contributed by atoms with Gasteiger partial charge in [-0.15, -0.1) is 0 Å². The molecule has 0 aliphatic rings. The summed E-state index contributed by atoms with van der Waals surface area (Å²) in [6, 6.07) is 24.9. The Hall–Kier alpha value is -3.86. The standard InChI is InChI=1S/C25H23N3O2/c1-28(2)18-14-12-17(13-15-18)26-25(29)21-16-23(20-9-5-7-11-24(20)30-3)27-22-10-6-4-8-19(21)22/h4-16H,1-3H3,(H,26,29). The molecule has 0 atom stereocenters. The summed E-state index contributed by atoms with van der Waals surface area (Å²) in [7, 11) is 5.59. The normalized spacial score (nSPS) is 10.6. The maximum Gasteiger partial charge on any atom is 0.256 e. The van der Waals surface area contributed by atoms with Crippen molar-refractivity contribution >= 4 is 28.2 Å². The number of nitrogens with zero attached hydrogens (tertiary/aromatic N) is 2. The number of carbonyl (C=O) groups is 1. The van der Waals surface area contributed by atoms with Crippen molar-refractivity contribution in [1.82, 2.24) is 4.98 Å². The Labute approximate surface area is 175 Å². The van der Waals surface area contributed by atoms with Gasteiger partial charge in [0.05, 0.1) is 23.9 Å². The van der Waals surface area contributed by atoms with Crippen LogP contribution in [0.15, 0.2) is 78.9 Å². The van der Waals surface area contributed by atoms with Crippen LogP contribution in [-0.2, 0) is 0 Å². The Morgan fingerprint density at radius 1 is 0.933 bits per heavy atom. The largest absolute Gasteiger partial charge is 0.496 e. The number of hydrogen-bond donors (Lipinski definition) is 1. The third-order valence-electron chi connectivity index (χ3n) is 4.99. The van der Waals surface area contributed by atoms with Crippen molar-refractivity contribution in [2.24, 2.45) is 0 Å². The van der Waals surface area contributed by atoms with Gasteiger partial charge in [0.15, 0.2) is 0 Å². The first kappa shape index (κ1) is 19.5. The number of hydrogen-bond acceptors (Lipinski definition) is 4. The van der Waals surface area contributed by atoms with E-state index >= 15 is 0 Å². The van der Waals surface area contributed by atoms with Gasteiger partial charge in [0.2, 0.25) is 0 Å². The molecule has 0 saturated carbocycles. The molecule has 5 nitrogen and oxygen atoms in total. The van der Waals surface area contributed by atoms with Gasteiger partial charge in [-0.2, -0.15) is 0 Å². The molecule has 0 spiro atoms. The molecule has 5 heteroatoms. The third-order valence-corrected chi connectivity index (χ3v) is 4.99. The predicted octanol–water partition coefficient (Wildman–Crippen LogP) is 5.23. The Morgan fingerprint density at radius 3 is 2.37 bits per heavy atom. The molecular formula is C25H23N3O2. The Balaban J connectivity index is 1.76. The van der Waals surface area contributed by atoms with Crippen molar-refractivity contribution in [1.29, 1.82) is 0 Å². The maximum atomic E-state index is 13.2. The van der Waals surface area contributed by atoms with E-state index in [1.165, 1.54) is 0 Å². The lowest BCUT2D eigenvalue weighted by Crippen LogP contribution is -2.13. The number of para-hydroxylation sites is 2. The molecule has 30 heavy (non-hydrogen) atoms. The minimum Gasteiger partial charge on any atom is -0.496 e. The molecule has 3 aromatic carbocycles. The van der Waals surface area contributed by atoms with E-state index < -0.39 is 0 Å². The number of ether oxygens (including phenoxy) is 1. The first-order chi connectivity index (χ1) is 14.6. The highest BCUT2D eigenvalue weighted by atomic mass is 16.5. The van der Waals surface area contributed by atoms with E-state index in [0.29, 0.717) is 17.0 Å². The van der Waals surface area contributed by atoms with Gasteiger partial charge < -0.3 is 15.0 Å². The van der Waals surface area contributed by atoms with Crippen molar-refractivity contribution in [3.8, 4) is 17.0 Å². The average Bonchev–Trinajstić information content (AvgIpc) is 2.78. The Kier molecular flexibility index (Phi) is 5.35. The van der Waals surface area contributed by atoms with Gasteiger partial charge in [-0.05, 0) is 48.5 Å². The predicted molar refractivity (Wildman–Crippen MR) is 122 cm³/mol. The fraction of sp³-hybridized carbons (Fsp3) is 0.120. The lowest BCUT2D eigenvalue weighted by molar-refractivity contribution is 0.102. The summed E-state index contributed by atoms with van der Waals surface area (Å²) < 4.78 is 5.49. The van der Waals surface area contributed by atoms with E-state index in [4.69, 9.17) is 9.72 Å². The van der Waals surface area contributed by atoms with Gasteiger partial charge in [-0.25, -0.2) is 4.98 Å². The molecule has 0 unspecified atom stereocenters. The molecule has 0 fully saturated rings. The number of pyridine rings is 1. The molecular weight excluding hydrogens is 374 g/mol. The SMILES string of the molecule is COc1ccccc1-c1cc(C(=O)Nc2ccc(N(C)C)cc2)c2ccccc2n1. The summed E-state index contributed by atoms with van der Waals surface area (Å²) in [4.78, 5) is 20.0. The summed E-state index contributed by atoms with van der Waals surface area (Å²) in [6.07, 6.45) is 0. The molecule has 0 radical (unpaired) electrons.